The van der Waals surface area contributed by atoms with E-state index in [4.69, 9.17) is 4.98 Å². The van der Waals surface area contributed by atoms with E-state index in [-0.39, 0.29) is 11.7 Å². The number of benzene rings is 1. The van der Waals surface area contributed by atoms with Gasteiger partial charge < -0.3 is 0 Å². The lowest BCUT2D eigenvalue weighted by molar-refractivity contribution is -0.116. The molecule has 1 amide bonds. The molecule has 6 nitrogen and oxygen atoms in total. The van der Waals surface area contributed by atoms with Gasteiger partial charge in [0.2, 0.25) is 5.91 Å². The van der Waals surface area contributed by atoms with Gasteiger partial charge in [0.1, 0.15) is 0 Å². The summed E-state index contributed by atoms with van der Waals surface area (Å²) in [5, 5.41) is 14.3. The first-order chi connectivity index (χ1) is 15.7. The van der Waals surface area contributed by atoms with E-state index in [1.807, 2.05) is 47.2 Å². The Bertz CT molecular complexity index is 1210. The molecular weight excluding hydrogens is 458 g/mol. The highest BCUT2D eigenvalue weighted by atomic mass is 32.2. The molecule has 1 aliphatic rings. The van der Waals surface area contributed by atoms with Crippen LogP contribution >= 0.6 is 34.4 Å². The molecule has 0 N–H and O–H groups in total. The molecule has 0 unspecified atom stereocenters. The Morgan fingerprint density at radius 3 is 2.75 bits per heavy atom. The largest absolute Gasteiger partial charge is 0.298 e. The minimum atomic E-state index is -0.0214. The van der Waals surface area contributed by atoms with Crippen molar-refractivity contribution in [1.29, 1.82) is 0 Å². The predicted molar refractivity (Wildman–Crippen MR) is 132 cm³/mol. The van der Waals surface area contributed by atoms with Gasteiger partial charge >= 0.3 is 0 Å². The highest BCUT2D eigenvalue weighted by molar-refractivity contribution is 7.99. The van der Waals surface area contributed by atoms with E-state index in [9.17, 15) is 4.79 Å². The van der Waals surface area contributed by atoms with Crippen LogP contribution in [0.3, 0.4) is 0 Å². The Hall–Kier alpha value is -2.75. The summed E-state index contributed by atoms with van der Waals surface area (Å²) in [6.45, 7) is 4.23. The van der Waals surface area contributed by atoms with Crippen LogP contribution in [0.15, 0.2) is 71.0 Å². The van der Waals surface area contributed by atoms with Gasteiger partial charge in [-0.1, -0.05) is 54.2 Å². The summed E-state index contributed by atoms with van der Waals surface area (Å²) in [6.07, 6.45) is 3.98. The van der Waals surface area contributed by atoms with Crippen molar-refractivity contribution in [2.45, 2.75) is 24.0 Å². The molecule has 0 radical (unpaired) electrons. The number of aromatic nitrogens is 4. The number of thiophene rings is 1. The highest BCUT2D eigenvalue weighted by Crippen LogP contribution is 2.41. The molecule has 1 aromatic carbocycles. The molecule has 1 saturated carbocycles. The summed E-state index contributed by atoms with van der Waals surface area (Å²) in [7, 11) is 0. The first kappa shape index (κ1) is 21.1. The molecule has 1 aliphatic carbocycles. The van der Waals surface area contributed by atoms with Gasteiger partial charge in [0, 0.05) is 23.5 Å². The third-order valence-corrected chi connectivity index (χ3v) is 7.71. The predicted octanol–water partition coefficient (Wildman–Crippen LogP) is 5.78. The number of anilines is 1. The molecule has 0 bridgehead atoms. The number of hydrogen-bond acceptors (Lipinski definition) is 7. The van der Waals surface area contributed by atoms with Gasteiger partial charge in [0.25, 0.3) is 0 Å². The van der Waals surface area contributed by atoms with Gasteiger partial charge in [-0.3, -0.25) is 14.3 Å². The number of carbonyl (C=O) groups is 1. The third kappa shape index (κ3) is 4.41. The maximum atomic E-state index is 13.2. The van der Waals surface area contributed by atoms with Crippen LogP contribution in [0, 0.1) is 0 Å². The highest BCUT2D eigenvalue weighted by Gasteiger charge is 2.31. The Kier molecular flexibility index (Phi) is 6.20. The van der Waals surface area contributed by atoms with Crippen LogP contribution in [0.2, 0.25) is 0 Å². The normalized spacial score (nSPS) is 13.2. The zero-order valence-electron chi connectivity index (χ0n) is 17.3. The molecule has 0 saturated heterocycles. The van der Waals surface area contributed by atoms with Gasteiger partial charge in [-0.2, -0.15) is 0 Å². The second-order valence-corrected chi connectivity index (χ2v) is 10.1. The van der Waals surface area contributed by atoms with Crippen LogP contribution in [0.25, 0.3) is 22.0 Å². The summed E-state index contributed by atoms with van der Waals surface area (Å²) in [5.41, 5.74) is 1.91. The summed E-state index contributed by atoms with van der Waals surface area (Å²) >= 11 is 4.56. The van der Waals surface area contributed by atoms with Crippen molar-refractivity contribution in [3.05, 3.63) is 65.9 Å². The average Bonchev–Trinajstić information content (AvgIpc) is 3.23. The first-order valence-corrected chi connectivity index (χ1v) is 13.0. The number of thioether (sulfide) groups is 1. The number of hydrogen-bond donors (Lipinski definition) is 0. The Balaban J connectivity index is 1.33. The quantitative estimate of drug-likeness (QED) is 0.225. The summed E-state index contributed by atoms with van der Waals surface area (Å²) < 4.78 is 2.19. The molecule has 4 aromatic rings. The minimum Gasteiger partial charge on any atom is -0.298 e. The second kappa shape index (κ2) is 9.40. The van der Waals surface area contributed by atoms with E-state index >= 15 is 0 Å². The summed E-state index contributed by atoms with van der Waals surface area (Å²) in [5.74, 6) is 1.14. The maximum Gasteiger partial charge on any atom is 0.239 e. The number of nitrogens with zero attached hydrogens (tertiary/aromatic N) is 5. The molecule has 3 heterocycles. The topological polar surface area (TPSA) is 63.9 Å². The van der Waals surface area contributed by atoms with E-state index in [2.05, 4.69) is 27.4 Å². The van der Waals surface area contributed by atoms with Crippen molar-refractivity contribution in [2.24, 2.45) is 0 Å². The zero-order chi connectivity index (χ0) is 21.9. The van der Waals surface area contributed by atoms with Gasteiger partial charge in [-0.25, -0.2) is 4.98 Å². The van der Waals surface area contributed by atoms with Crippen molar-refractivity contribution in [1.82, 2.24) is 19.7 Å². The van der Waals surface area contributed by atoms with Crippen LogP contribution in [-0.4, -0.2) is 38.0 Å². The smallest absolute Gasteiger partial charge is 0.239 e. The van der Waals surface area contributed by atoms with Crippen LogP contribution in [0.1, 0.15) is 18.9 Å². The molecule has 32 heavy (non-hydrogen) atoms. The van der Waals surface area contributed by atoms with E-state index in [0.717, 1.165) is 40.0 Å². The number of rotatable bonds is 9. The van der Waals surface area contributed by atoms with E-state index < -0.39 is 0 Å². The van der Waals surface area contributed by atoms with E-state index in [1.54, 1.807) is 22.3 Å². The molecule has 3 aromatic heterocycles. The molecular formula is C23H21N5OS3. The van der Waals surface area contributed by atoms with Crippen molar-refractivity contribution >= 4 is 45.5 Å². The molecule has 0 atom stereocenters. The number of amides is 1. The lowest BCUT2D eigenvalue weighted by atomic mass is 10.2. The molecule has 162 valence electrons. The fourth-order valence-corrected chi connectivity index (χ4v) is 5.81. The number of carbonyl (C=O) groups excluding carboxylic acids is 1. The second-order valence-electron chi connectivity index (χ2n) is 7.35. The standard InChI is InChI=1S/C23H21N5OS3/c1-2-12-27(22-24-18(14-31-22)16-7-4-3-5-8-16)20(29)15-32-23-26-25-21(19-9-6-13-30-19)28(23)17-10-11-17/h2-9,13-14,17H,1,10-12,15H2. The Morgan fingerprint density at radius 1 is 1.19 bits per heavy atom. The van der Waals surface area contributed by atoms with E-state index in [1.165, 1.54) is 23.1 Å². The fourth-order valence-electron chi connectivity index (χ4n) is 3.36. The van der Waals surface area contributed by atoms with E-state index in [0.29, 0.717) is 17.7 Å². The van der Waals surface area contributed by atoms with Crippen molar-refractivity contribution in [2.75, 3.05) is 17.2 Å². The average molecular weight is 480 g/mol. The fraction of sp³-hybridized carbons (Fsp3) is 0.217. The minimum absolute atomic E-state index is 0.0214. The molecule has 1 fully saturated rings. The molecule has 5 rings (SSSR count). The van der Waals surface area contributed by atoms with Crippen molar-refractivity contribution < 1.29 is 4.79 Å². The maximum absolute atomic E-state index is 13.2. The third-order valence-electron chi connectivity index (χ3n) is 5.05. The lowest BCUT2D eigenvalue weighted by Gasteiger charge is -2.17. The van der Waals surface area contributed by atoms with Gasteiger partial charge in [0.05, 0.1) is 16.3 Å². The zero-order valence-corrected chi connectivity index (χ0v) is 19.7. The van der Waals surface area contributed by atoms with Crippen molar-refractivity contribution in [3.8, 4) is 22.0 Å². The van der Waals surface area contributed by atoms with Crippen LogP contribution < -0.4 is 4.90 Å². The molecule has 0 spiro atoms. The number of thiazole rings is 1. The van der Waals surface area contributed by atoms with Gasteiger partial charge in [-0.05, 0) is 24.3 Å². The van der Waals surface area contributed by atoms with Gasteiger partial charge in [0.15, 0.2) is 16.1 Å². The van der Waals surface area contributed by atoms with Crippen LogP contribution in [0.5, 0.6) is 0 Å². The Morgan fingerprint density at radius 2 is 2.03 bits per heavy atom. The van der Waals surface area contributed by atoms with Gasteiger partial charge in [-0.15, -0.1) is 39.4 Å². The van der Waals surface area contributed by atoms with Crippen LogP contribution in [0.4, 0.5) is 5.13 Å². The summed E-state index contributed by atoms with van der Waals surface area (Å²) in [4.78, 5) is 20.7. The lowest BCUT2D eigenvalue weighted by Crippen LogP contribution is -2.32. The van der Waals surface area contributed by atoms with Crippen LogP contribution in [-0.2, 0) is 4.79 Å². The first-order valence-electron chi connectivity index (χ1n) is 10.3. The summed E-state index contributed by atoms with van der Waals surface area (Å²) in [6, 6.07) is 14.5. The SMILES string of the molecule is C=CCN(C(=O)CSc1nnc(-c2cccs2)n1C1CC1)c1nc(-c2ccccc2)cs1. The monoisotopic (exact) mass is 479 g/mol. The molecule has 9 heteroatoms. The molecule has 0 aliphatic heterocycles. The van der Waals surface area contributed by atoms with Crippen molar-refractivity contribution in [3.63, 3.8) is 0 Å². The Labute approximate surface area is 198 Å².